The quantitative estimate of drug-likeness (QED) is 0.942. The molecule has 1 aliphatic rings. The summed E-state index contributed by atoms with van der Waals surface area (Å²) in [6.45, 7) is 5.07. The molecule has 0 spiro atoms. The van der Waals surface area contributed by atoms with Gasteiger partial charge in [-0.1, -0.05) is 17.3 Å². The van der Waals surface area contributed by atoms with Crippen molar-refractivity contribution in [2.45, 2.75) is 38.7 Å². The first-order chi connectivity index (χ1) is 10.8. The molecule has 2 aromatic rings. The van der Waals surface area contributed by atoms with E-state index in [0.717, 1.165) is 16.8 Å². The van der Waals surface area contributed by atoms with Crippen molar-refractivity contribution in [1.29, 1.82) is 0 Å². The first-order valence-electron chi connectivity index (χ1n) is 7.67. The van der Waals surface area contributed by atoms with Crippen molar-refractivity contribution < 1.29 is 19.2 Å². The van der Waals surface area contributed by atoms with E-state index in [1.54, 1.807) is 14.0 Å². The van der Waals surface area contributed by atoms with Gasteiger partial charge in [-0.05, 0) is 38.5 Å². The van der Waals surface area contributed by atoms with E-state index in [4.69, 9.17) is 9.26 Å². The fourth-order valence-electron chi connectivity index (χ4n) is 3.79. The molecule has 0 saturated heterocycles. The molecule has 1 aromatic carbocycles. The van der Waals surface area contributed by atoms with Crippen molar-refractivity contribution >= 4 is 5.78 Å². The Hall–Kier alpha value is -2.14. The molecule has 0 unspecified atom stereocenters. The van der Waals surface area contributed by atoms with E-state index in [1.807, 2.05) is 31.2 Å². The lowest BCUT2D eigenvalue weighted by Crippen LogP contribution is -2.48. The molecule has 23 heavy (non-hydrogen) atoms. The highest BCUT2D eigenvalue weighted by Gasteiger charge is 2.49. The maximum Gasteiger partial charge on any atom is 0.137 e. The summed E-state index contributed by atoms with van der Waals surface area (Å²) in [5, 5.41) is 15.0. The summed E-state index contributed by atoms with van der Waals surface area (Å²) >= 11 is 0. The van der Waals surface area contributed by atoms with Crippen molar-refractivity contribution in [1.82, 2.24) is 5.16 Å². The molecular weight excluding hydrogens is 294 g/mol. The van der Waals surface area contributed by atoms with Gasteiger partial charge in [-0.2, -0.15) is 0 Å². The molecule has 0 amide bonds. The van der Waals surface area contributed by atoms with Gasteiger partial charge in [0, 0.05) is 17.9 Å². The number of carbonyl (C=O) groups excluding carboxylic acids is 1. The first kappa shape index (κ1) is 15.7. The number of aromatic nitrogens is 1. The van der Waals surface area contributed by atoms with Gasteiger partial charge in [-0.15, -0.1) is 0 Å². The van der Waals surface area contributed by atoms with Crippen LogP contribution >= 0.6 is 0 Å². The number of hydrogen-bond acceptors (Lipinski definition) is 5. The van der Waals surface area contributed by atoms with Crippen LogP contribution in [0.25, 0.3) is 0 Å². The molecular formula is C18H21NO4. The lowest BCUT2D eigenvalue weighted by molar-refractivity contribution is -0.130. The molecule has 1 heterocycles. The second-order valence-electron chi connectivity index (χ2n) is 6.48. The fourth-order valence-corrected chi connectivity index (χ4v) is 3.79. The molecule has 0 saturated carbocycles. The van der Waals surface area contributed by atoms with Gasteiger partial charge in [0.05, 0.1) is 24.3 Å². The summed E-state index contributed by atoms with van der Waals surface area (Å²) in [5.41, 5.74) is 1.37. The van der Waals surface area contributed by atoms with Gasteiger partial charge in [0.15, 0.2) is 0 Å². The highest BCUT2D eigenvalue weighted by molar-refractivity contribution is 5.82. The van der Waals surface area contributed by atoms with Gasteiger partial charge >= 0.3 is 0 Å². The topological polar surface area (TPSA) is 72.6 Å². The van der Waals surface area contributed by atoms with Gasteiger partial charge < -0.3 is 14.4 Å². The second-order valence-corrected chi connectivity index (χ2v) is 6.48. The van der Waals surface area contributed by atoms with Crippen molar-refractivity contribution in [3.8, 4) is 5.75 Å². The van der Waals surface area contributed by atoms with Gasteiger partial charge in [0.25, 0.3) is 0 Å². The third kappa shape index (κ3) is 2.55. The molecule has 3 rings (SSSR count). The predicted molar refractivity (Wildman–Crippen MR) is 84.6 cm³/mol. The van der Waals surface area contributed by atoms with Crippen LogP contribution in [0.1, 0.15) is 42.3 Å². The highest BCUT2D eigenvalue weighted by Crippen LogP contribution is 2.47. The van der Waals surface area contributed by atoms with Crippen molar-refractivity contribution in [3.05, 3.63) is 46.8 Å². The number of aryl methyl sites for hydroxylation is 1. The van der Waals surface area contributed by atoms with Gasteiger partial charge in [0.1, 0.15) is 17.3 Å². The molecule has 122 valence electrons. The van der Waals surface area contributed by atoms with Crippen molar-refractivity contribution in [2.24, 2.45) is 5.92 Å². The second kappa shape index (κ2) is 5.49. The number of fused-ring (bicyclic) bond motifs is 1. The molecule has 0 fully saturated rings. The minimum atomic E-state index is -1.17. The van der Waals surface area contributed by atoms with Crippen molar-refractivity contribution in [3.63, 3.8) is 0 Å². The number of aliphatic hydroxyl groups is 1. The fraction of sp³-hybridized carbons (Fsp3) is 0.444. The SMILES string of the molecule is COc1cccc([C@@H]2c3c(noc3C)C[C@](C)(O)[C@@H]2C(C)=O)c1. The normalized spacial score (nSPS) is 26.7. The van der Waals surface area contributed by atoms with Crippen LogP contribution in [-0.4, -0.2) is 28.8 Å². The largest absolute Gasteiger partial charge is 0.497 e. The molecule has 5 nitrogen and oxygen atoms in total. The van der Waals surface area contributed by atoms with Gasteiger partial charge in [-0.3, -0.25) is 4.79 Å². The Kier molecular flexibility index (Phi) is 3.76. The summed E-state index contributed by atoms with van der Waals surface area (Å²) in [7, 11) is 1.61. The summed E-state index contributed by atoms with van der Waals surface area (Å²) in [5.74, 6) is 0.502. The standard InChI is InChI=1S/C18H21NO4/c1-10(20)17-16(12-6-5-7-13(8-12)22-4)15-11(2)23-19-14(15)9-18(17,3)21/h5-8,16-17,21H,9H2,1-4H3/t16-,17-,18+/m1/s1. The zero-order valence-electron chi connectivity index (χ0n) is 13.8. The number of ketones is 1. The van der Waals surface area contributed by atoms with Gasteiger partial charge in [0.2, 0.25) is 0 Å². The first-order valence-corrected chi connectivity index (χ1v) is 7.67. The molecule has 0 radical (unpaired) electrons. The number of nitrogens with zero attached hydrogens (tertiary/aromatic N) is 1. The third-order valence-electron chi connectivity index (χ3n) is 4.71. The Bertz CT molecular complexity index is 747. The Morgan fingerprint density at radius 2 is 2.22 bits per heavy atom. The molecule has 0 aliphatic heterocycles. The number of rotatable bonds is 3. The van der Waals surface area contributed by atoms with E-state index in [-0.39, 0.29) is 11.7 Å². The molecule has 3 atom stereocenters. The van der Waals surface area contributed by atoms with Crippen LogP contribution in [0.3, 0.4) is 0 Å². The van der Waals surface area contributed by atoms with Crippen LogP contribution < -0.4 is 4.74 Å². The maximum atomic E-state index is 12.4. The lowest BCUT2D eigenvalue weighted by Gasteiger charge is -2.40. The molecule has 0 bridgehead atoms. The van der Waals surface area contributed by atoms with E-state index >= 15 is 0 Å². The van der Waals surface area contributed by atoms with Crippen LogP contribution in [0.15, 0.2) is 28.8 Å². The molecule has 1 aliphatic carbocycles. The summed E-state index contributed by atoms with van der Waals surface area (Å²) in [6.07, 6.45) is 0.310. The number of Topliss-reactive ketones (excluding diaryl/α,β-unsaturated/α-hetero) is 1. The third-order valence-corrected chi connectivity index (χ3v) is 4.71. The Labute approximate surface area is 135 Å². The summed E-state index contributed by atoms with van der Waals surface area (Å²) < 4.78 is 10.7. The highest BCUT2D eigenvalue weighted by atomic mass is 16.5. The van der Waals surface area contributed by atoms with Crippen LogP contribution in [0, 0.1) is 12.8 Å². The van der Waals surface area contributed by atoms with Crippen molar-refractivity contribution in [2.75, 3.05) is 7.11 Å². The van der Waals surface area contributed by atoms with E-state index in [9.17, 15) is 9.90 Å². The zero-order valence-corrected chi connectivity index (χ0v) is 13.8. The number of benzene rings is 1. The number of carbonyl (C=O) groups is 1. The Morgan fingerprint density at radius 3 is 2.87 bits per heavy atom. The Morgan fingerprint density at radius 1 is 1.48 bits per heavy atom. The minimum absolute atomic E-state index is 0.0472. The number of ether oxygens (including phenoxy) is 1. The van der Waals surface area contributed by atoms with Crippen LogP contribution in [-0.2, 0) is 11.2 Å². The molecule has 1 N–H and O–H groups in total. The van der Waals surface area contributed by atoms with E-state index in [2.05, 4.69) is 5.16 Å². The summed E-state index contributed by atoms with van der Waals surface area (Å²) in [4.78, 5) is 12.4. The number of hydrogen-bond donors (Lipinski definition) is 1. The lowest BCUT2D eigenvalue weighted by atomic mass is 9.64. The monoisotopic (exact) mass is 315 g/mol. The van der Waals surface area contributed by atoms with E-state index < -0.39 is 11.5 Å². The van der Waals surface area contributed by atoms with Gasteiger partial charge in [-0.25, -0.2) is 0 Å². The number of methoxy groups -OCH3 is 1. The molecule has 5 heteroatoms. The smallest absolute Gasteiger partial charge is 0.137 e. The predicted octanol–water partition coefficient (Wildman–Crippen LogP) is 2.64. The van der Waals surface area contributed by atoms with Crippen LogP contribution in [0.5, 0.6) is 5.75 Å². The van der Waals surface area contributed by atoms with Crippen LogP contribution in [0.2, 0.25) is 0 Å². The Balaban J connectivity index is 2.23. The zero-order chi connectivity index (χ0) is 16.8. The molecule has 1 aromatic heterocycles. The average molecular weight is 315 g/mol. The average Bonchev–Trinajstić information content (AvgIpc) is 2.85. The maximum absolute atomic E-state index is 12.4. The minimum Gasteiger partial charge on any atom is -0.497 e. The summed E-state index contributed by atoms with van der Waals surface area (Å²) in [6, 6.07) is 7.59. The van der Waals surface area contributed by atoms with E-state index in [1.165, 1.54) is 6.92 Å². The van der Waals surface area contributed by atoms with E-state index in [0.29, 0.717) is 17.9 Å². The van der Waals surface area contributed by atoms with Crippen LogP contribution in [0.4, 0.5) is 0 Å².